The van der Waals surface area contributed by atoms with Crippen molar-refractivity contribution < 1.29 is 32.2 Å². The van der Waals surface area contributed by atoms with Crippen molar-refractivity contribution in [3.05, 3.63) is 53.8 Å². The average Bonchev–Trinajstić information content (AvgIpc) is 2.62. The van der Waals surface area contributed by atoms with Gasteiger partial charge in [-0.2, -0.15) is 8.78 Å². The van der Waals surface area contributed by atoms with Crippen LogP contribution in [-0.4, -0.2) is 30.8 Å². The Hall–Kier alpha value is -2.68. The van der Waals surface area contributed by atoms with Gasteiger partial charge in [0.2, 0.25) is 0 Å². The van der Waals surface area contributed by atoms with Gasteiger partial charge in [0.25, 0.3) is 11.7 Å². The molecule has 0 aliphatic carbocycles. The van der Waals surface area contributed by atoms with E-state index >= 15 is 0 Å². The summed E-state index contributed by atoms with van der Waals surface area (Å²) < 4.78 is 48.2. The number of carbonyl (C=O) groups is 2. The van der Waals surface area contributed by atoms with Crippen molar-refractivity contribution in [1.82, 2.24) is 0 Å². The van der Waals surface area contributed by atoms with Gasteiger partial charge in [-0.15, -0.1) is 0 Å². The minimum absolute atomic E-state index is 0.239. The van der Waals surface area contributed by atoms with Crippen LogP contribution in [0.2, 0.25) is 0 Å². The Kier molecular flexibility index (Phi) is 7.12. The van der Waals surface area contributed by atoms with Gasteiger partial charge in [-0.3, -0.25) is 4.79 Å². The molecule has 0 radical (unpaired) electrons. The molecule has 2 rings (SSSR count). The van der Waals surface area contributed by atoms with E-state index in [0.29, 0.717) is 22.3 Å². The van der Waals surface area contributed by atoms with E-state index in [1.54, 1.807) is 0 Å². The van der Waals surface area contributed by atoms with Crippen molar-refractivity contribution in [2.75, 3.05) is 12.4 Å². The second-order valence-electron chi connectivity index (χ2n) is 5.29. The molecule has 2 aromatic carbocycles. The standard InChI is InChI=1S/C18H16F3NO4S/c1-10(26-17(24)14-8-5-12(25-2)9-15(14)19)16(23)22-11-3-6-13(7-4-11)27-18(20)21/h3-10,18H,1-2H3,(H,22,23)/t10-/m1/s1. The van der Waals surface area contributed by atoms with E-state index < -0.39 is 29.6 Å². The van der Waals surface area contributed by atoms with E-state index in [1.165, 1.54) is 50.4 Å². The predicted octanol–water partition coefficient (Wildman–Crippen LogP) is 4.33. The Morgan fingerprint density at radius 3 is 2.33 bits per heavy atom. The van der Waals surface area contributed by atoms with Crippen molar-refractivity contribution >= 4 is 29.3 Å². The molecular formula is C18H16F3NO4S. The van der Waals surface area contributed by atoms with Gasteiger partial charge < -0.3 is 14.8 Å². The van der Waals surface area contributed by atoms with Gasteiger partial charge in [-0.1, -0.05) is 11.8 Å². The van der Waals surface area contributed by atoms with Crippen LogP contribution in [0.3, 0.4) is 0 Å². The summed E-state index contributed by atoms with van der Waals surface area (Å²) in [6, 6.07) is 9.36. The fourth-order valence-electron chi connectivity index (χ4n) is 2.03. The first-order valence-electron chi connectivity index (χ1n) is 7.70. The molecule has 1 amide bonds. The zero-order chi connectivity index (χ0) is 20.0. The zero-order valence-corrected chi connectivity index (χ0v) is 15.2. The van der Waals surface area contributed by atoms with Crippen molar-refractivity contribution in [1.29, 1.82) is 0 Å². The van der Waals surface area contributed by atoms with Crippen LogP contribution in [0.25, 0.3) is 0 Å². The number of alkyl halides is 2. The number of esters is 1. The Balaban J connectivity index is 1.96. The molecule has 0 heterocycles. The number of amides is 1. The topological polar surface area (TPSA) is 64.6 Å². The second-order valence-corrected chi connectivity index (χ2v) is 6.35. The van der Waals surface area contributed by atoms with E-state index in [4.69, 9.17) is 9.47 Å². The number of nitrogens with one attached hydrogen (secondary N) is 1. The molecule has 0 fully saturated rings. The third-order valence-electron chi connectivity index (χ3n) is 3.40. The number of rotatable bonds is 7. The van der Waals surface area contributed by atoms with Crippen LogP contribution >= 0.6 is 11.8 Å². The number of benzene rings is 2. The van der Waals surface area contributed by atoms with Gasteiger partial charge >= 0.3 is 5.97 Å². The van der Waals surface area contributed by atoms with Crippen molar-refractivity contribution in [3.8, 4) is 5.75 Å². The highest BCUT2D eigenvalue weighted by Crippen LogP contribution is 2.26. The summed E-state index contributed by atoms with van der Waals surface area (Å²) in [5, 5.41) is 2.49. The Bertz CT molecular complexity index is 815. The minimum Gasteiger partial charge on any atom is -0.497 e. The van der Waals surface area contributed by atoms with E-state index in [1.807, 2.05) is 0 Å². The fourth-order valence-corrected chi connectivity index (χ4v) is 2.53. The summed E-state index contributed by atoms with van der Waals surface area (Å²) in [6.07, 6.45) is -1.20. The molecule has 0 aromatic heterocycles. The lowest BCUT2D eigenvalue weighted by Gasteiger charge is -2.14. The highest BCUT2D eigenvalue weighted by molar-refractivity contribution is 7.99. The molecule has 1 N–H and O–H groups in total. The molecule has 9 heteroatoms. The number of hydrogen-bond acceptors (Lipinski definition) is 5. The molecule has 0 aliphatic rings. The van der Waals surface area contributed by atoms with Crippen LogP contribution in [0.5, 0.6) is 5.75 Å². The van der Waals surface area contributed by atoms with Gasteiger partial charge in [0, 0.05) is 16.6 Å². The third kappa shape index (κ3) is 5.92. The van der Waals surface area contributed by atoms with Crippen LogP contribution in [0, 0.1) is 5.82 Å². The maximum absolute atomic E-state index is 13.9. The predicted molar refractivity (Wildman–Crippen MR) is 94.8 cm³/mol. The summed E-state index contributed by atoms with van der Waals surface area (Å²) in [7, 11) is 1.36. The summed E-state index contributed by atoms with van der Waals surface area (Å²) in [5.74, 6) is -4.78. The van der Waals surface area contributed by atoms with E-state index in [2.05, 4.69) is 5.32 Å². The molecule has 0 saturated heterocycles. The molecule has 0 bridgehead atoms. The molecular weight excluding hydrogens is 383 g/mol. The zero-order valence-electron chi connectivity index (χ0n) is 14.4. The Labute approximate surface area is 157 Å². The van der Waals surface area contributed by atoms with Gasteiger partial charge in [-0.05, 0) is 43.3 Å². The lowest BCUT2D eigenvalue weighted by molar-refractivity contribution is -0.123. The number of anilines is 1. The number of methoxy groups -OCH3 is 1. The average molecular weight is 399 g/mol. The maximum Gasteiger partial charge on any atom is 0.341 e. The van der Waals surface area contributed by atoms with Crippen LogP contribution in [0.4, 0.5) is 18.9 Å². The van der Waals surface area contributed by atoms with Gasteiger partial charge in [0.05, 0.1) is 12.7 Å². The lowest BCUT2D eigenvalue weighted by Crippen LogP contribution is -2.30. The first-order valence-corrected chi connectivity index (χ1v) is 8.58. The smallest absolute Gasteiger partial charge is 0.341 e. The SMILES string of the molecule is COc1ccc(C(=O)O[C@H](C)C(=O)Nc2ccc(SC(F)F)cc2)c(F)c1. The van der Waals surface area contributed by atoms with Crippen LogP contribution < -0.4 is 10.1 Å². The molecule has 5 nitrogen and oxygen atoms in total. The first-order chi connectivity index (χ1) is 12.8. The summed E-state index contributed by atoms with van der Waals surface area (Å²) in [5.41, 5.74) is 0.0148. The van der Waals surface area contributed by atoms with Gasteiger partial charge in [-0.25, -0.2) is 9.18 Å². The number of carbonyl (C=O) groups excluding carboxylic acids is 2. The van der Waals surface area contributed by atoms with E-state index in [-0.39, 0.29) is 11.3 Å². The Morgan fingerprint density at radius 1 is 1.11 bits per heavy atom. The highest BCUT2D eigenvalue weighted by atomic mass is 32.2. The summed E-state index contributed by atoms with van der Waals surface area (Å²) in [6.45, 7) is 1.33. The number of halogens is 3. The fraction of sp³-hybridized carbons (Fsp3) is 0.222. The van der Waals surface area contributed by atoms with Gasteiger partial charge in [0.15, 0.2) is 6.10 Å². The highest BCUT2D eigenvalue weighted by Gasteiger charge is 2.21. The molecule has 0 aliphatic heterocycles. The third-order valence-corrected chi connectivity index (χ3v) is 4.12. The monoisotopic (exact) mass is 399 g/mol. The lowest BCUT2D eigenvalue weighted by atomic mass is 10.2. The molecule has 1 atom stereocenters. The number of ether oxygens (including phenoxy) is 2. The largest absolute Gasteiger partial charge is 0.497 e. The van der Waals surface area contributed by atoms with Crippen molar-refractivity contribution in [3.63, 3.8) is 0 Å². The van der Waals surface area contributed by atoms with Crippen molar-refractivity contribution in [2.24, 2.45) is 0 Å². The van der Waals surface area contributed by atoms with Gasteiger partial charge in [0.1, 0.15) is 11.6 Å². The number of hydrogen-bond donors (Lipinski definition) is 1. The normalized spacial score (nSPS) is 11.8. The van der Waals surface area contributed by atoms with Crippen LogP contribution in [0.15, 0.2) is 47.4 Å². The minimum atomic E-state index is -2.54. The van der Waals surface area contributed by atoms with Crippen LogP contribution in [0.1, 0.15) is 17.3 Å². The molecule has 0 unspecified atom stereocenters. The Morgan fingerprint density at radius 2 is 1.78 bits per heavy atom. The quantitative estimate of drug-likeness (QED) is 0.555. The number of thioether (sulfide) groups is 1. The molecule has 144 valence electrons. The molecule has 0 spiro atoms. The van der Waals surface area contributed by atoms with E-state index in [9.17, 15) is 22.8 Å². The molecule has 2 aromatic rings. The summed E-state index contributed by atoms with van der Waals surface area (Å²) >= 11 is 0.382. The van der Waals surface area contributed by atoms with E-state index in [0.717, 1.165) is 6.07 Å². The van der Waals surface area contributed by atoms with Crippen LogP contribution in [-0.2, 0) is 9.53 Å². The first kappa shape index (κ1) is 20.6. The summed E-state index contributed by atoms with van der Waals surface area (Å²) in [4.78, 5) is 24.5. The maximum atomic E-state index is 13.9. The second kappa shape index (κ2) is 9.31. The van der Waals surface area contributed by atoms with Crippen molar-refractivity contribution in [2.45, 2.75) is 23.7 Å². The molecule has 27 heavy (non-hydrogen) atoms. The molecule has 0 saturated carbocycles.